The number of aromatic nitrogens is 1. The van der Waals surface area contributed by atoms with E-state index in [0.29, 0.717) is 12.1 Å². The lowest BCUT2D eigenvalue weighted by Gasteiger charge is -2.26. The first-order valence-electron chi connectivity index (χ1n) is 10.0. The van der Waals surface area contributed by atoms with E-state index in [1.54, 1.807) is 53.7 Å². The standard InChI is InChI=1S/C23H27N3O3/c1-3-25(4-2)15-8-16-26-20(17-11-13-24-14-12-17)19(22(28)23(26)29)21(27)18-9-6-5-7-10-18/h5-7,9-14,20,27H,3-4,8,15-16H2,1-2H3/b21-19+/t20-/m0/s1. The number of amides is 1. The summed E-state index contributed by atoms with van der Waals surface area (Å²) in [6, 6.07) is 11.8. The van der Waals surface area contributed by atoms with Crippen LogP contribution in [-0.4, -0.2) is 57.8 Å². The van der Waals surface area contributed by atoms with E-state index >= 15 is 0 Å². The molecule has 6 nitrogen and oxygen atoms in total. The van der Waals surface area contributed by atoms with Crippen LogP contribution in [0.2, 0.25) is 0 Å². The highest BCUT2D eigenvalue weighted by Crippen LogP contribution is 2.39. The minimum Gasteiger partial charge on any atom is -0.507 e. The molecule has 0 aliphatic carbocycles. The average molecular weight is 393 g/mol. The van der Waals surface area contributed by atoms with Gasteiger partial charge in [0, 0.05) is 24.5 Å². The number of likely N-dealkylation sites (tertiary alicyclic amines) is 1. The molecule has 0 spiro atoms. The number of hydrogen-bond acceptors (Lipinski definition) is 5. The van der Waals surface area contributed by atoms with Gasteiger partial charge in [0.25, 0.3) is 11.7 Å². The smallest absolute Gasteiger partial charge is 0.295 e. The van der Waals surface area contributed by atoms with Crippen LogP contribution >= 0.6 is 0 Å². The van der Waals surface area contributed by atoms with Gasteiger partial charge in [-0.1, -0.05) is 44.2 Å². The van der Waals surface area contributed by atoms with E-state index in [9.17, 15) is 14.7 Å². The Morgan fingerprint density at radius 3 is 2.34 bits per heavy atom. The molecule has 6 heteroatoms. The van der Waals surface area contributed by atoms with E-state index < -0.39 is 17.7 Å². The highest BCUT2D eigenvalue weighted by Gasteiger charge is 2.45. The molecule has 1 atom stereocenters. The molecule has 1 aromatic carbocycles. The van der Waals surface area contributed by atoms with E-state index in [1.807, 2.05) is 6.07 Å². The molecule has 2 heterocycles. The summed E-state index contributed by atoms with van der Waals surface area (Å²) in [6.45, 7) is 7.38. The van der Waals surface area contributed by atoms with Gasteiger partial charge < -0.3 is 14.9 Å². The second kappa shape index (κ2) is 9.47. The quantitative estimate of drug-likeness (QED) is 0.423. The van der Waals surface area contributed by atoms with Crippen molar-refractivity contribution in [3.05, 3.63) is 71.6 Å². The third kappa shape index (κ3) is 4.38. The van der Waals surface area contributed by atoms with Gasteiger partial charge in [-0.15, -0.1) is 0 Å². The molecule has 0 unspecified atom stereocenters. The van der Waals surface area contributed by atoms with Crippen molar-refractivity contribution in [2.24, 2.45) is 0 Å². The van der Waals surface area contributed by atoms with Crippen molar-refractivity contribution in [2.45, 2.75) is 26.3 Å². The molecule has 152 valence electrons. The molecule has 0 radical (unpaired) electrons. The first-order valence-corrected chi connectivity index (χ1v) is 10.0. The van der Waals surface area contributed by atoms with Crippen LogP contribution in [-0.2, 0) is 9.59 Å². The van der Waals surface area contributed by atoms with Gasteiger partial charge in [0.15, 0.2) is 0 Å². The molecule has 2 aromatic rings. The number of aliphatic hydroxyl groups excluding tert-OH is 1. The fourth-order valence-corrected chi connectivity index (χ4v) is 3.76. The highest BCUT2D eigenvalue weighted by molar-refractivity contribution is 6.46. The molecule has 29 heavy (non-hydrogen) atoms. The van der Waals surface area contributed by atoms with E-state index in [0.717, 1.165) is 31.6 Å². The van der Waals surface area contributed by atoms with Crippen LogP contribution in [0.5, 0.6) is 0 Å². The number of hydrogen-bond donors (Lipinski definition) is 1. The van der Waals surface area contributed by atoms with Crippen molar-refractivity contribution in [2.75, 3.05) is 26.2 Å². The second-order valence-corrected chi connectivity index (χ2v) is 7.02. The van der Waals surface area contributed by atoms with Crippen LogP contribution in [0.15, 0.2) is 60.4 Å². The maximum absolute atomic E-state index is 12.9. The summed E-state index contributed by atoms with van der Waals surface area (Å²) in [5, 5.41) is 10.9. The van der Waals surface area contributed by atoms with Gasteiger partial charge in [-0.2, -0.15) is 0 Å². The molecule has 1 amide bonds. The van der Waals surface area contributed by atoms with E-state index in [4.69, 9.17) is 0 Å². The molecular weight excluding hydrogens is 366 g/mol. The Hall–Kier alpha value is -2.99. The lowest BCUT2D eigenvalue weighted by atomic mass is 9.96. The zero-order valence-corrected chi connectivity index (χ0v) is 16.9. The monoisotopic (exact) mass is 393 g/mol. The van der Waals surface area contributed by atoms with Gasteiger partial charge in [-0.05, 0) is 43.8 Å². The lowest BCUT2D eigenvalue weighted by Crippen LogP contribution is -2.33. The molecule has 0 saturated carbocycles. The van der Waals surface area contributed by atoms with E-state index in [-0.39, 0.29) is 11.3 Å². The number of rotatable bonds is 8. The van der Waals surface area contributed by atoms with Gasteiger partial charge in [-0.25, -0.2) is 0 Å². The molecule has 1 aromatic heterocycles. The summed E-state index contributed by atoms with van der Waals surface area (Å²) in [4.78, 5) is 33.6. The van der Waals surface area contributed by atoms with Crippen molar-refractivity contribution < 1.29 is 14.7 Å². The molecule has 1 fully saturated rings. The first-order chi connectivity index (χ1) is 14.1. The maximum atomic E-state index is 12.9. The van der Waals surface area contributed by atoms with Crippen molar-refractivity contribution in [3.63, 3.8) is 0 Å². The van der Waals surface area contributed by atoms with Crippen molar-refractivity contribution >= 4 is 17.4 Å². The number of carbonyl (C=O) groups excluding carboxylic acids is 2. The van der Waals surface area contributed by atoms with E-state index in [2.05, 4.69) is 23.7 Å². The summed E-state index contributed by atoms with van der Waals surface area (Å²) >= 11 is 0. The van der Waals surface area contributed by atoms with Crippen LogP contribution in [0.25, 0.3) is 5.76 Å². The maximum Gasteiger partial charge on any atom is 0.295 e. The SMILES string of the molecule is CCN(CC)CCCN1C(=O)C(=O)/C(=C(/O)c2ccccc2)[C@@H]1c1ccncc1. The summed E-state index contributed by atoms with van der Waals surface area (Å²) in [7, 11) is 0. The topological polar surface area (TPSA) is 73.7 Å². The molecule has 1 aliphatic heterocycles. The lowest BCUT2D eigenvalue weighted by molar-refractivity contribution is -0.140. The fraction of sp³-hybridized carbons (Fsp3) is 0.348. The van der Waals surface area contributed by atoms with Crippen LogP contribution < -0.4 is 0 Å². The van der Waals surface area contributed by atoms with Gasteiger partial charge in [-0.3, -0.25) is 14.6 Å². The normalized spacial score (nSPS) is 18.6. The number of nitrogens with zero attached hydrogens (tertiary/aromatic N) is 3. The molecule has 1 N–H and O–H groups in total. The summed E-state index contributed by atoms with van der Waals surface area (Å²) in [5.74, 6) is -1.35. The second-order valence-electron chi connectivity index (χ2n) is 7.02. The predicted molar refractivity (Wildman–Crippen MR) is 112 cm³/mol. The number of benzene rings is 1. The molecule has 0 bridgehead atoms. The summed E-state index contributed by atoms with van der Waals surface area (Å²) in [6.07, 6.45) is 4.02. The number of Topliss-reactive ketones (excluding diaryl/α,β-unsaturated/α-hetero) is 1. The van der Waals surface area contributed by atoms with Crippen LogP contribution in [0.3, 0.4) is 0 Å². The average Bonchev–Trinajstić information content (AvgIpc) is 3.02. The van der Waals surface area contributed by atoms with Crippen molar-refractivity contribution in [3.8, 4) is 0 Å². The first kappa shape index (κ1) is 20.7. The zero-order chi connectivity index (χ0) is 20.8. The summed E-state index contributed by atoms with van der Waals surface area (Å²) in [5.41, 5.74) is 1.42. The predicted octanol–water partition coefficient (Wildman–Crippen LogP) is 3.24. The van der Waals surface area contributed by atoms with Gasteiger partial charge in [0.2, 0.25) is 0 Å². The summed E-state index contributed by atoms with van der Waals surface area (Å²) < 4.78 is 0. The van der Waals surface area contributed by atoms with Crippen LogP contribution in [0.4, 0.5) is 0 Å². The van der Waals surface area contributed by atoms with Gasteiger partial charge >= 0.3 is 0 Å². The van der Waals surface area contributed by atoms with Gasteiger partial charge in [0.05, 0.1) is 11.6 Å². The minimum absolute atomic E-state index is 0.134. The Bertz CT molecular complexity index is 877. The minimum atomic E-state index is -0.643. The zero-order valence-electron chi connectivity index (χ0n) is 16.9. The number of pyridine rings is 1. The molecule has 1 aliphatic rings. The number of carbonyl (C=O) groups is 2. The fourth-order valence-electron chi connectivity index (χ4n) is 3.76. The largest absolute Gasteiger partial charge is 0.507 e. The number of aliphatic hydroxyl groups is 1. The van der Waals surface area contributed by atoms with Crippen LogP contribution in [0.1, 0.15) is 37.4 Å². The van der Waals surface area contributed by atoms with Crippen molar-refractivity contribution in [1.29, 1.82) is 0 Å². The van der Waals surface area contributed by atoms with Gasteiger partial charge in [0.1, 0.15) is 5.76 Å². The Balaban J connectivity index is 1.98. The molecule has 1 saturated heterocycles. The molecular formula is C23H27N3O3. The molecule has 3 rings (SSSR count). The third-order valence-electron chi connectivity index (χ3n) is 5.38. The van der Waals surface area contributed by atoms with Crippen molar-refractivity contribution in [1.82, 2.24) is 14.8 Å². The number of ketones is 1. The highest BCUT2D eigenvalue weighted by atomic mass is 16.3. The van der Waals surface area contributed by atoms with Crippen LogP contribution in [0, 0.1) is 0 Å². The Morgan fingerprint density at radius 2 is 1.72 bits per heavy atom. The Morgan fingerprint density at radius 1 is 1.07 bits per heavy atom. The Labute approximate surface area is 171 Å². The Kier molecular flexibility index (Phi) is 6.77. The van der Waals surface area contributed by atoms with E-state index in [1.165, 1.54) is 0 Å². The third-order valence-corrected chi connectivity index (χ3v) is 5.38.